The molecule has 3 rings (SSSR count). The summed E-state index contributed by atoms with van der Waals surface area (Å²) >= 11 is 0. The van der Waals surface area contributed by atoms with Gasteiger partial charge in [-0.1, -0.05) is 12.1 Å². The lowest BCUT2D eigenvalue weighted by Crippen LogP contribution is -2.32. The van der Waals surface area contributed by atoms with E-state index in [9.17, 15) is 9.59 Å². The van der Waals surface area contributed by atoms with Crippen molar-refractivity contribution in [1.29, 1.82) is 5.26 Å². The highest BCUT2D eigenvalue weighted by atomic mass is 16.3. The molecular weight excluding hydrogens is 284 g/mol. The molecule has 0 aliphatic heterocycles. The molecule has 0 aliphatic carbocycles. The van der Waals surface area contributed by atoms with Crippen LogP contribution in [0.2, 0.25) is 0 Å². The third-order valence-electron chi connectivity index (χ3n) is 3.22. The zero-order chi connectivity index (χ0) is 15.5. The number of rotatable bonds is 4. The summed E-state index contributed by atoms with van der Waals surface area (Å²) in [6, 6.07) is 9.16. The number of hydrogen-bond donors (Lipinski definition) is 1. The fraction of sp³-hybridized carbons (Fsp3) is 0.200. The molecule has 0 aliphatic rings. The molecule has 110 valence electrons. The van der Waals surface area contributed by atoms with E-state index in [0.717, 1.165) is 5.39 Å². The molecule has 0 bridgehead atoms. The van der Waals surface area contributed by atoms with Crippen molar-refractivity contribution in [2.45, 2.75) is 13.0 Å². The van der Waals surface area contributed by atoms with Crippen LogP contribution in [-0.2, 0) is 11.3 Å². The van der Waals surface area contributed by atoms with Gasteiger partial charge in [-0.3, -0.25) is 14.2 Å². The van der Waals surface area contributed by atoms with E-state index >= 15 is 0 Å². The van der Waals surface area contributed by atoms with Gasteiger partial charge in [0.1, 0.15) is 17.6 Å². The van der Waals surface area contributed by atoms with E-state index in [1.165, 1.54) is 10.9 Å². The Kier molecular flexibility index (Phi) is 3.58. The maximum atomic E-state index is 12.4. The van der Waals surface area contributed by atoms with Crippen molar-refractivity contribution in [3.63, 3.8) is 0 Å². The molecule has 0 fully saturated rings. The Bertz CT molecular complexity index is 949. The molecule has 3 aromatic rings. The monoisotopic (exact) mass is 296 g/mol. The van der Waals surface area contributed by atoms with Gasteiger partial charge in [0.25, 0.3) is 5.56 Å². The summed E-state index contributed by atoms with van der Waals surface area (Å²) in [5.41, 5.74) is 0.796. The SMILES string of the molecule is N#CCCNC(=O)Cn1cnc2c(oc3ccccc32)c1=O. The van der Waals surface area contributed by atoms with Crippen LogP contribution in [0.25, 0.3) is 22.1 Å². The number of hydrogen-bond acceptors (Lipinski definition) is 5. The van der Waals surface area contributed by atoms with Crippen LogP contribution in [0.15, 0.2) is 39.8 Å². The van der Waals surface area contributed by atoms with Crippen LogP contribution in [0, 0.1) is 11.3 Å². The van der Waals surface area contributed by atoms with Crippen molar-refractivity contribution in [2.75, 3.05) is 6.54 Å². The minimum atomic E-state index is -0.406. The lowest BCUT2D eigenvalue weighted by Gasteiger charge is -2.05. The van der Waals surface area contributed by atoms with Gasteiger partial charge < -0.3 is 9.73 Å². The Labute approximate surface area is 124 Å². The largest absolute Gasteiger partial charge is 0.448 e. The predicted molar refractivity (Wildman–Crippen MR) is 79.0 cm³/mol. The molecule has 1 N–H and O–H groups in total. The van der Waals surface area contributed by atoms with E-state index in [1.54, 1.807) is 6.07 Å². The fourth-order valence-corrected chi connectivity index (χ4v) is 2.20. The highest BCUT2D eigenvalue weighted by Gasteiger charge is 2.14. The van der Waals surface area contributed by atoms with Crippen LogP contribution in [-0.4, -0.2) is 22.0 Å². The Morgan fingerprint density at radius 3 is 3.05 bits per heavy atom. The van der Waals surface area contributed by atoms with Crippen LogP contribution in [0.3, 0.4) is 0 Å². The van der Waals surface area contributed by atoms with Gasteiger partial charge in [-0.05, 0) is 12.1 Å². The first-order valence-corrected chi connectivity index (χ1v) is 6.71. The third-order valence-corrected chi connectivity index (χ3v) is 3.22. The molecule has 0 saturated carbocycles. The second-order valence-corrected chi connectivity index (χ2v) is 4.71. The summed E-state index contributed by atoms with van der Waals surface area (Å²) < 4.78 is 6.72. The van der Waals surface area contributed by atoms with E-state index in [1.807, 2.05) is 24.3 Å². The molecule has 2 aromatic heterocycles. The number of furan rings is 1. The number of amides is 1. The number of carbonyl (C=O) groups is 1. The van der Waals surface area contributed by atoms with Gasteiger partial charge in [0, 0.05) is 11.9 Å². The molecule has 1 amide bonds. The molecular formula is C15H12N4O3. The van der Waals surface area contributed by atoms with Gasteiger partial charge in [0.05, 0.1) is 18.8 Å². The standard InChI is InChI=1S/C15H12N4O3/c16-6-3-7-17-12(20)8-19-9-18-13-10-4-1-2-5-11(10)22-14(13)15(19)21/h1-2,4-5,9H,3,7-8H2,(H,17,20). The highest BCUT2D eigenvalue weighted by molar-refractivity contribution is 6.01. The summed E-state index contributed by atoms with van der Waals surface area (Å²) in [5, 5.41) is 11.7. The summed E-state index contributed by atoms with van der Waals surface area (Å²) in [5.74, 6) is -0.352. The van der Waals surface area contributed by atoms with Crippen molar-refractivity contribution in [3.05, 3.63) is 40.9 Å². The van der Waals surface area contributed by atoms with Gasteiger partial charge in [0.15, 0.2) is 0 Å². The minimum Gasteiger partial charge on any atom is -0.448 e. The van der Waals surface area contributed by atoms with Crippen LogP contribution in [0.4, 0.5) is 0 Å². The predicted octanol–water partition coefficient (Wildman–Crippen LogP) is 1.17. The van der Waals surface area contributed by atoms with E-state index in [0.29, 0.717) is 11.1 Å². The molecule has 7 nitrogen and oxygen atoms in total. The van der Waals surface area contributed by atoms with Crippen molar-refractivity contribution >= 4 is 28.0 Å². The first kappa shape index (κ1) is 13.8. The number of nitrogens with one attached hydrogen (secondary N) is 1. The van der Waals surface area contributed by atoms with Gasteiger partial charge in [-0.25, -0.2) is 4.98 Å². The molecule has 7 heteroatoms. The van der Waals surface area contributed by atoms with Gasteiger partial charge >= 0.3 is 0 Å². The molecule has 0 unspecified atom stereocenters. The quantitative estimate of drug-likeness (QED) is 0.728. The number of carbonyl (C=O) groups excluding carboxylic acids is 1. The molecule has 0 saturated heterocycles. The number of nitriles is 1. The zero-order valence-corrected chi connectivity index (χ0v) is 11.6. The molecule has 0 radical (unpaired) electrons. The Morgan fingerprint density at radius 1 is 1.41 bits per heavy atom. The van der Waals surface area contributed by atoms with Crippen molar-refractivity contribution < 1.29 is 9.21 Å². The lowest BCUT2D eigenvalue weighted by molar-refractivity contribution is -0.121. The minimum absolute atomic E-state index is 0.133. The van der Waals surface area contributed by atoms with E-state index in [-0.39, 0.29) is 31.0 Å². The summed E-state index contributed by atoms with van der Waals surface area (Å²) in [7, 11) is 0. The average Bonchev–Trinajstić information content (AvgIpc) is 2.90. The maximum Gasteiger partial charge on any atom is 0.297 e. The number of nitrogens with zero attached hydrogens (tertiary/aromatic N) is 3. The average molecular weight is 296 g/mol. The zero-order valence-electron chi connectivity index (χ0n) is 11.6. The molecule has 0 atom stereocenters. The van der Waals surface area contributed by atoms with Crippen molar-refractivity contribution in [3.8, 4) is 6.07 Å². The Balaban J connectivity index is 1.94. The molecule has 1 aromatic carbocycles. The van der Waals surface area contributed by atoms with Crippen LogP contribution >= 0.6 is 0 Å². The second kappa shape index (κ2) is 5.69. The Hall–Kier alpha value is -3.14. The summed E-state index contributed by atoms with van der Waals surface area (Å²) in [6.45, 7) is 0.0919. The topological polar surface area (TPSA) is 101 Å². The normalized spacial score (nSPS) is 10.7. The summed E-state index contributed by atoms with van der Waals surface area (Å²) in [4.78, 5) is 28.3. The molecule has 22 heavy (non-hydrogen) atoms. The Morgan fingerprint density at radius 2 is 2.23 bits per heavy atom. The first-order valence-electron chi connectivity index (χ1n) is 6.71. The van der Waals surface area contributed by atoms with E-state index < -0.39 is 5.56 Å². The van der Waals surface area contributed by atoms with E-state index in [2.05, 4.69) is 10.3 Å². The van der Waals surface area contributed by atoms with Crippen LogP contribution in [0.1, 0.15) is 6.42 Å². The number of benzene rings is 1. The van der Waals surface area contributed by atoms with Gasteiger partial charge in [-0.2, -0.15) is 5.26 Å². The number of para-hydroxylation sites is 1. The highest BCUT2D eigenvalue weighted by Crippen LogP contribution is 2.23. The van der Waals surface area contributed by atoms with Crippen LogP contribution < -0.4 is 10.9 Å². The fourth-order valence-electron chi connectivity index (χ4n) is 2.20. The first-order chi connectivity index (χ1) is 10.7. The lowest BCUT2D eigenvalue weighted by atomic mass is 10.2. The number of fused-ring (bicyclic) bond motifs is 3. The number of aromatic nitrogens is 2. The second-order valence-electron chi connectivity index (χ2n) is 4.71. The van der Waals surface area contributed by atoms with Gasteiger partial charge in [-0.15, -0.1) is 0 Å². The maximum absolute atomic E-state index is 12.4. The summed E-state index contributed by atoms with van der Waals surface area (Å²) in [6.07, 6.45) is 1.55. The molecule has 2 heterocycles. The van der Waals surface area contributed by atoms with E-state index in [4.69, 9.17) is 9.68 Å². The smallest absolute Gasteiger partial charge is 0.297 e. The third kappa shape index (κ3) is 2.42. The van der Waals surface area contributed by atoms with Crippen molar-refractivity contribution in [2.24, 2.45) is 0 Å². The van der Waals surface area contributed by atoms with Crippen LogP contribution in [0.5, 0.6) is 0 Å². The van der Waals surface area contributed by atoms with Gasteiger partial charge in [0.2, 0.25) is 11.5 Å². The molecule has 0 spiro atoms. The van der Waals surface area contributed by atoms with Crippen molar-refractivity contribution in [1.82, 2.24) is 14.9 Å².